The van der Waals surface area contributed by atoms with Crippen LogP contribution in [0.3, 0.4) is 0 Å². The Morgan fingerprint density at radius 3 is 2.68 bits per heavy atom. The van der Waals surface area contributed by atoms with Gasteiger partial charge in [0.05, 0.1) is 6.10 Å². The second-order valence-corrected chi connectivity index (χ2v) is 6.68. The Bertz CT molecular complexity index is 646. The number of unbranched alkanes of at least 4 members (excludes halogenated alkanes) is 1. The molecule has 3 atom stereocenters. The third-order valence-corrected chi connectivity index (χ3v) is 4.97. The molecule has 0 bridgehead atoms. The number of hydrogen-bond acceptors (Lipinski definition) is 4. The molecule has 1 aromatic carbocycles. The highest BCUT2D eigenvalue weighted by molar-refractivity contribution is 5.85. The zero-order chi connectivity index (χ0) is 16.9. The van der Waals surface area contributed by atoms with Crippen LogP contribution in [0.1, 0.15) is 50.8 Å². The number of aromatic nitrogens is 3. The predicted octanol–water partition coefficient (Wildman–Crippen LogP) is 3.78. The van der Waals surface area contributed by atoms with Crippen molar-refractivity contribution in [1.29, 1.82) is 0 Å². The fraction of sp³-hybridized carbons (Fsp3) is 0.579. The third kappa shape index (κ3) is 4.60. The van der Waals surface area contributed by atoms with Gasteiger partial charge in [-0.15, -0.1) is 12.4 Å². The van der Waals surface area contributed by atoms with Gasteiger partial charge in [0.1, 0.15) is 5.82 Å². The Morgan fingerprint density at radius 1 is 1.24 bits per heavy atom. The van der Waals surface area contributed by atoms with Gasteiger partial charge in [-0.1, -0.05) is 43.7 Å². The van der Waals surface area contributed by atoms with Gasteiger partial charge in [0.25, 0.3) is 0 Å². The molecular weight excluding hydrogens is 336 g/mol. The summed E-state index contributed by atoms with van der Waals surface area (Å²) in [5.74, 6) is 2.29. The Kier molecular flexibility index (Phi) is 7.41. The number of methoxy groups -OCH3 is 1. The van der Waals surface area contributed by atoms with E-state index >= 15 is 0 Å². The fourth-order valence-corrected chi connectivity index (χ4v) is 3.50. The molecule has 0 radical (unpaired) electrons. The van der Waals surface area contributed by atoms with Gasteiger partial charge in [0.15, 0.2) is 5.82 Å². The van der Waals surface area contributed by atoms with Gasteiger partial charge in [-0.2, -0.15) is 5.10 Å². The molecule has 138 valence electrons. The summed E-state index contributed by atoms with van der Waals surface area (Å²) >= 11 is 0. The van der Waals surface area contributed by atoms with Crippen LogP contribution >= 0.6 is 12.4 Å². The summed E-state index contributed by atoms with van der Waals surface area (Å²) < 4.78 is 7.70. The van der Waals surface area contributed by atoms with Crippen LogP contribution in [-0.4, -0.2) is 34.0 Å². The van der Waals surface area contributed by atoms with Gasteiger partial charge < -0.3 is 10.5 Å². The molecule has 1 aliphatic carbocycles. The van der Waals surface area contributed by atoms with E-state index < -0.39 is 0 Å². The van der Waals surface area contributed by atoms with Gasteiger partial charge in [-0.3, -0.25) is 0 Å². The second-order valence-electron chi connectivity index (χ2n) is 6.68. The number of aryl methyl sites for hydroxylation is 1. The number of ether oxygens (including phenoxy) is 1. The molecule has 1 saturated carbocycles. The molecule has 0 spiro atoms. The lowest BCUT2D eigenvalue weighted by atomic mass is 9.83. The van der Waals surface area contributed by atoms with Gasteiger partial charge >= 0.3 is 0 Å². The standard InChI is InChI=1S/C19H28N4O.ClH/c1-3-4-12-23-19(15-10-11-16(20)17(13-15)24-2)21-18(22-23)14-8-6-5-7-9-14;/h5-9,15-17H,3-4,10-13,20H2,1-2H3;1H/t15-,16+,17+;/m0./s1. The molecule has 25 heavy (non-hydrogen) atoms. The molecular formula is C19H29ClN4O. The minimum atomic E-state index is 0. The van der Waals surface area contributed by atoms with Crippen LogP contribution in [0.25, 0.3) is 11.4 Å². The van der Waals surface area contributed by atoms with Crippen LogP contribution in [0, 0.1) is 0 Å². The fourth-order valence-electron chi connectivity index (χ4n) is 3.50. The first-order valence-corrected chi connectivity index (χ1v) is 9.01. The summed E-state index contributed by atoms with van der Waals surface area (Å²) in [7, 11) is 1.75. The van der Waals surface area contributed by atoms with E-state index in [9.17, 15) is 0 Å². The quantitative estimate of drug-likeness (QED) is 0.847. The molecule has 1 aliphatic rings. The molecule has 6 heteroatoms. The molecule has 3 rings (SSSR count). The predicted molar refractivity (Wildman–Crippen MR) is 103 cm³/mol. The Labute approximate surface area is 156 Å². The zero-order valence-electron chi connectivity index (χ0n) is 15.1. The maximum Gasteiger partial charge on any atom is 0.181 e. The van der Waals surface area contributed by atoms with Crippen molar-refractivity contribution in [3.05, 3.63) is 36.2 Å². The highest BCUT2D eigenvalue weighted by atomic mass is 35.5. The maximum absolute atomic E-state index is 6.18. The Hall–Kier alpha value is -1.43. The van der Waals surface area contributed by atoms with Crippen molar-refractivity contribution in [3.8, 4) is 11.4 Å². The minimum Gasteiger partial charge on any atom is -0.380 e. The molecule has 0 unspecified atom stereocenters. The summed E-state index contributed by atoms with van der Waals surface area (Å²) in [5, 5.41) is 4.80. The Balaban J connectivity index is 0.00000225. The molecule has 2 aromatic rings. The first-order chi connectivity index (χ1) is 11.7. The van der Waals surface area contributed by atoms with Gasteiger partial charge in [-0.05, 0) is 25.7 Å². The van der Waals surface area contributed by atoms with E-state index in [1.165, 1.54) is 0 Å². The lowest BCUT2D eigenvalue weighted by molar-refractivity contribution is 0.0455. The smallest absolute Gasteiger partial charge is 0.181 e. The van der Waals surface area contributed by atoms with E-state index in [1.807, 2.05) is 18.2 Å². The molecule has 2 N–H and O–H groups in total. The second kappa shape index (κ2) is 9.32. The maximum atomic E-state index is 6.18. The largest absolute Gasteiger partial charge is 0.380 e. The molecule has 1 fully saturated rings. The van der Waals surface area contributed by atoms with Crippen molar-refractivity contribution in [1.82, 2.24) is 14.8 Å². The van der Waals surface area contributed by atoms with Crippen molar-refractivity contribution in [2.75, 3.05) is 7.11 Å². The van der Waals surface area contributed by atoms with E-state index in [0.717, 1.165) is 55.9 Å². The molecule has 0 aliphatic heterocycles. The normalized spacial score (nSPS) is 23.2. The van der Waals surface area contributed by atoms with Crippen molar-refractivity contribution < 1.29 is 4.74 Å². The zero-order valence-corrected chi connectivity index (χ0v) is 15.9. The molecule has 0 amide bonds. The summed E-state index contributed by atoms with van der Waals surface area (Å²) in [4.78, 5) is 4.91. The molecule has 1 aromatic heterocycles. The van der Waals surface area contributed by atoms with Gasteiger partial charge in [0, 0.05) is 31.2 Å². The number of rotatable bonds is 6. The van der Waals surface area contributed by atoms with E-state index in [0.29, 0.717) is 5.92 Å². The van der Waals surface area contributed by atoms with Crippen LogP contribution in [0.4, 0.5) is 0 Å². The van der Waals surface area contributed by atoms with Crippen molar-refractivity contribution >= 4 is 12.4 Å². The minimum absolute atomic E-state index is 0. The molecule has 5 nitrogen and oxygen atoms in total. The molecule has 1 heterocycles. The van der Waals surface area contributed by atoms with E-state index in [2.05, 4.69) is 23.7 Å². The summed E-state index contributed by atoms with van der Waals surface area (Å²) in [6.07, 6.45) is 5.34. The number of nitrogens with two attached hydrogens (primary N) is 1. The summed E-state index contributed by atoms with van der Waals surface area (Å²) in [5.41, 5.74) is 7.25. The monoisotopic (exact) mass is 364 g/mol. The molecule has 0 saturated heterocycles. The third-order valence-electron chi connectivity index (χ3n) is 4.97. The first-order valence-electron chi connectivity index (χ1n) is 9.01. The van der Waals surface area contributed by atoms with Gasteiger partial charge in [0.2, 0.25) is 0 Å². The first kappa shape index (κ1) is 19.9. The number of nitrogens with zero attached hydrogens (tertiary/aromatic N) is 3. The highest BCUT2D eigenvalue weighted by Crippen LogP contribution is 2.33. The van der Waals surface area contributed by atoms with Crippen LogP contribution in [-0.2, 0) is 11.3 Å². The summed E-state index contributed by atoms with van der Waals surface area (Å²) in [6, 6.07) is 10.3. The van der Waals surface area contributed by atoms with E-state index in [4.69, 9.17) is 20.6 Å². The van der Waals surface area contributed by atoms with Crippen LogP contribution in [0.5, 0.6) is 0 Å². The average Bonchev–Trinajstić information content (AvgIpc) is 3.05. The average molecular weight is 365 g/mol. The number of hydrogen-bond donors (Lipinski definition) is 1. The summed E-state index contributed by atoms with van der Waals surface area (Å²) in [6.45, 7) is 3.13. The van der Waals surface area contributed by atoms with E-state index in [-0.39, 0.29) is 24.6 Å². The lowest BCUT2D eigenvalue weighted by Crippen LogP contribution is -2.41. The van der Waals surface area contributed by atoms with Crippen LogP contribution < -0.4 is 5.73 Å². The number of halogens is 1. The van der Waals surface area contributed by atoms with Crippen LogP contribution in [0.2, 0.25) is 0 Å². The van der Waals surface area contributed by atoms with Crippen molar-refractivity contribution in [3.63, 3.8) is 0 Å². The highest BCUT2D eigenvalue weighted by Gasteiger charge is 2.32. The SMILES string of the molecule is CCCCn1nc(-c2ccccc2)nc1[C@H]1CC[C@@H](N)[C@H](OC)C1.Cl. The van der Waals surface area contributed by atoms with E-state index in [1.54, 1.807) is 7.11 Å². The topological polar surface area (TPSA) is 66.0 Å². The lowest BCUT2D eigenvalue weighted by Gasteiger charge is -2.32. The Morgan fingerprint density at radius 2 is 2.00 bits per heavy atom. The van der Waals surface area contributed by atoms with Crippen LogP contribution in [0.15, 0.2) is 30.3 Å². The van der Waals surface area contributed by atoms with Crippen molar-refractivity contribution in [2.45, 2.75) is 63.6 Å². The van der Waals surface area contributed by atoms with Gasteiger partial charge in [-0.25, -0.2) is 9.67 Å². The number of benzene rings is 1. The van der Waals surface area contributed by atoms with Crippen molar-refractivity contribution in [2.24, 2.45) is 5.73 Å².